The fraction of sp³-hybridized carbons (Fsp3) is 0.105. The largest absolute Gasteiger partial charge is 0.497 e. The number of benzene rings is 2. The van der Waals surface area contributed by atoms with E-state index >= 15 is 0 Å². The molecule has 2 heterocycles. The van der Waals surface area contributed by atoms with Crippen molar-refractivity contribution in [3.8, 4) is 5.75 Å². The van der Waals surface area contributed by atoms with E-state index in [1.807, 2.05) is 42.5 Å². The minimum Gasteiger partial charge on any atom is -0.497 e. The zero-order chi connectivity index (χ0) is 18.6. The molecule has 0 unspecified atom stereocenters. The van der Waals surface area contributed by atoms with Crippen LogP contribution >= 0.6 is 23.1 Å². The van der Waals surface area contributed by atoms with Gasteiger partial charge in [0, 0.05) is 29.0 Å². The SMILES string of the molecule is COc1ccc2c(CSc3nnc(Nc4ccccc4)s3)cc(=O)oc2c1. The Labute approximate surface area is 163 Å². The van der Waals surface area contributed by atoms with E-state index in [1.165, 1.54) is 29.2 Å². The lowest BCUT2D eigenvalue weighted by Crippen LogP contribution is -2.00. The number of rotatable bonds is 6. The zero-order valence-electron chi connectivity index (χ0n) is 14.3. The van der Waals surface area contributed by atoms with Crippen molar-refractivity contribution in [2.75, 3.05) is 12.4 Å². The summed E-state index contributed by atoms with van der Waals surface area (Å²) in [6.45, 7) is 0. The van der Waals surface area contributed by atoms with Crippen molar-refractivity contribution in [3.63, 3.8) is 0 Å². The number of nitrogens with zero attached hydrogens (tertiary/aromatic N) is 2. The number of anilines is 2. The van der Waals surface area contributed by atoms with Gasteiger partial charge in [-0.05, 0) is 29.8 Å². The maximum absolute atomic E-state index is 11.9. The Morgan fingerprint density at radius 3 is 2.81 bits per heavy atom. The Morgan fingerprint density at radius 2 is 2.00 bits per heavy atom. The smallest absolute Gasteiger partial charge is 0.336 e. The second-order valence-electron chi connectivity index (χ2n) is 5.61. The van der Waals surface area contributed by atoms with Gasteiger partial charge in [0.05, 0.1) is 7.11 Å². The summed E-state index contributed by atoms with van der Waals surface area (Å²) in [5.41, 5.74) is 1.99. The van der Waals surface area contributed by atoms with E-state index in [9.17, 15) is 4.79 Å². The number of thioether (sulfide) groups is 1. The first kappa shape index (κ1) is 17.6. The summed E-state index contributed by atoms with van der Waals surface area (Å²) in [7, 11) is 1.58. The minimum atomic E-state index is -0.380. The molecule has 4 aromatic rings. The zero-order valence-corrected chi connectivity index (χ0v) is 16.0. The third kappa shape index (κ3) is 4.12. The van der Waals surface area contributed by atoms with E-state index < -0.39 is 0 Å². The van der Waals surface area contributed by atoms with Crippen LogP contribution in [0.1, 0.15) is 5.56 Å². The van der Waals surface area contributed by atoms with Crippen molar-refractivity contribution in [1.29, 1.82) is 0 Å². The van der Waals surface area contributed by atoms with E-state index in [0.717, 1.165) is 26.1 Å². The molecule has 0 aliphatic rings. The Hall–Kier alpha value is -2.84. The average molecular weight is 397 g/mol. The highest BCUT2D eigenvalue weighted by atomic mass is 32.2. The molecule has 0 aliphatic heterocycles. The molecule has 2 aromatic heterocycles. The molecule has 0 saturated carbocycles. The van der Waals surface area contributed by atoms with Gasteiger partial charge in [-0.1, -0.05) is 41.3 Å². The monoisotopic (exact) mass is 397 g/mol. The van der Waals surface area contributed by atoms with Crippen LogP contribution in [-0.4, -0.2) is 17.3 Å². The first-order valence-electron chi connectivity index (χ1n) is 8.10. The number of hydrogen-bond acceptors (Lipinski definition) is 8. The van der Waals surface area contributed by atoms with Gasteiger partial charge in [-0.2, -0.15) is 0 Å². The molecule has 0 bridgehead atoms. The van der Waals surface area contributed by atoms with Crippen LogP contribution in [0.25, 0.3) is 11.0 Å². The summed E-state index contributed by atoms with van der Waals surface area (Å²) < 4.78 is 11.3. The second kappa shape index (κ2) is 7.81. The number of aromatic nitrogens is 2. The molecular formula is C19H15N3O3S2. The third-order valence-electron chi connectivity index (χ3n) is 3.82. The normalized spacial score (nSPS) is 10.9. The fourth-order valence-electron chi connectivity index (χ4n) is 2.56. The van der Waals surface area contributed by atoms with Crippen molar-refractivity contribution in [2.45, 2.75) is 10.1 Å². The summed E-state index contributed by atoms with van der Waals surface area (Å²) in [6.07, 6.45) is 0. The molecule has 0 spiro atoms. The molecule has 8 heteroatoms. The van der Waals surface area contributed by atoms with Gasteiger partial charge in [-0.25, -0.2) is 4.79 Å². The van der Waals surface area contributed by atoms with Gasteiger partial charge < -0.3 is 14.5 Å². The molecule has 0 radical (unpaired) electrons. The first-order valence-corrected chi connectivity index (χ1v) is 9.90. The molecule has 6 nitrogen and oxygen atoms in total. The molecule has 0 fully saturated rings. The summed E-state index contributed by atoms with van der Waals surface area (Å²) >= 11 is 3.00. The quantitative estimate of drug-likeness (QED) is 0.373. The van der Waals surface area contributed by atoms with Crippen molar-refractivity contribution in [3.05, 3.63) is 70.6 Å². The van der Waals surface area contributed by atoms with Crippen molar-refractivity contribution in [1.82, 2.24) is 10.2 Å². The second-order valence-corrected chi connectivity index (χ2v) is 7.81. The van der Waals surface area contributed by atoms with Gasteiger partial charge >= 0.3 is 5.63 Å². The van der Waals surface area contributed by atoms with Crippen LogP contribution in [0.5, 0.6) is 5.75 Å². The molecule has 2 aromatic carbocycles. The Bertz CT molecular complexity index is 1130. The number of methoxy groups -OCH3 is 1. The molecule has 27 heavy (non-hydrogen) atoms. The lowest BCUT2D eigenvalue weighted by Gasteiger charge is -2.05. The van der Waals surface area contributed by atoms with Gasteiger partial charge in [-0.15, -0.1) is 10.2 Å². The topological polar surface area (TPSA) is 77.3 Å². The molecule has 0 saturated heterocycles. The van der Waals surface area contributed by atoms with Gasteiger partial charge in [-0.3, -0.25) is 0 Å². The molecular weight excluding hydrogens is 382 g/mol. The average Bonchev–Trinajstić information content (AvgIpc) is 3.13. The Morgan fingerprint density at radius 1 is 1.15 bits per heavy atom. The summed E-state index contributed by atoms with van der Waals surface area (Å²) in [5.74, 6) is 1.24. The van der Waals surface area contributed by atoms with E-state index in [2.05, 4.69) is 15.5 Å². The van der Waals surface area contributed by atoms with Gasteiger partial charge in [0.15, 0.2) is 4.34 Å². The highest BCUT2D eigenvalue weighted by molar-refractivity contribution is 8.00. The van der Waals surface area contributed by atoms with Crippen molar-refractivity contribution < 1.29 is 9.15 Å². The van der Waals surface area contributed by atoms with E-state index in [4.69, 9.17) is 9.15 Å². The number of fused-ring (bicyclic) bond motifs is 1. The molecule has 0 aliphatic carbocycles. The third-order valence-corrected chi connectivity index (χ3v) is 5.84. The molecule has 0 amide bonds. The fourth-order valence-corrected chi connectivity index (χ4v) is 4.32. The van der Waals surface area contributed by atoms with E-state index in [0.29, 0.717) is 17.1 Å². The summed E-state index contributed by atoms with van der Waals surface area (Å²) in [5, 5.41) is 13.2. The molecule has 0 atom stereocenters. The maximum Gasteiger partial charge on any atom is 0.336 e. The molecule has 1 N–H and O–H groups in total. The van der Waals surface area contributed by atoms with Crippen LogP contribution in [0.2, 0.25) is 0 Å². The van der Waals surface area contributed by atoms with Crippen LogP contribution < -0.4 is 15.7 Å². The number of para-hydroxylation sites is 1. The minimum absolute atomic E-state index is 0.380. The Balaban J connectivity index is 1.51. The van der Waals surface area contributed by atoms with Crippen LogP contribution in [-0.2, 0) is 5.75 Å². The van der Waals surface area contributed by atoms with Crippen LogP contribution in [0.15, 0.2) is 68.1 Å². The van der Waals surface area contributed by atoms with E-state index in [1.54, 1.807) is 13.2 Å². The van der Waals surface area contributed by atoms with Crippen LogP contribution in [0, 0.1) is 0 Å². The standard InChI is InChI=1S/C19H15N3O3S2/c1-24-14-7-8-15-12(9-17(23)25-16(15)10-14)11-26-19-22-21-18(27-19)20-13-5-3-2-4-6-13/h2-10H,11H2,1H3,(H,20,21). The highest BCUT2D eigenvalue weighted by Crippen LogP contribution is 2.32. The maximum atomic E-state index is 11.9. The van der Waals surface area contributed by atoms with Crippen molar-refractivity contribution >= 4 is 44.9 Å². The summed E-state index contributed by atoms with van der Waals surface area (Å²) in [4.78, 5) is 11.9. The number of ether oxygens (including phenoxy) is 1. The number of nitrogens with one attached hydrogen (secondary N) is 1. The van der Waals surface area contributed by atoms with Crippen molar-refractivity contribution in [2.24, 2.45) is 0 Å². The Kier molecular flexibility index (Phi) is 5.08. The lowest BCUT2D eigenvalue weighted by atomic mass is 10.1. The molecule has 136 valence electrons. The lowest BCUT2D eigenvalue weighted by molar-refractivity contribution is 0.414. The highest BCUT2D eigenvalue weighted by Gasteiger charge is 2.10. The predicted molar refractivity (Wildman–Crippen MR) is 108 cm³/mol. The van der Waals surface area contributed by atoms with Crippen LogP contribution in [0.3, 0.4) is 0 Å². The first-order chi connectivity index (χ1) is 13.2. The summed E-state index contributed by atoms with van der Waals surface area (Å²) in [6, 6.07) is 16.8. The van der Waals surface area contributed by atoms with E-state index in [-0.39, 0.29) is 5.63 Å². The van der Waals surface area contributed by atoms with Crippen LogP contribution in [0.4, 0.5) is 10.8 Å². The van der Waals surface area contributed by atoms with Gasteiger partial charge in [0.1, 0.15) is 11.3 Å². The van der Waals surface area contributed by atoms with Gasteiger partial charge in [0.2, 0.25) is 5.13 Å². The molecule has 4 rings (SSSR count). The number of hydrogen-bond donors (Lipinski definition) is 1. The van der Waals surface area contributed by atoms with Gasteiger partial charge in [0.25, 0.3) is 0 Å². The predicted octanol–water partition coefficient (Wildman–Crippen LogP) is 4.69.